The number of nitro groups is 2. The normalized spacial score (nSPS) is 6.18. The minimum absolute atomic E-state index is 0. The Bertz CT molecular complexity index is 1230. The molecule has 4 rings (SSSR count). The van der Waals surface area contributed by atoms with E-state index in [1.165, 1.54) is 36.4 Å². The number of phenols is 1. The van der Waals surface area contributed by atoms with Gasteiger partial charge < -0.3 is 30.8 Å². The molecule has 387 valence electrons. The molecule has 0 heterocycles. The summed E-state index contributed by atoms with van der Waals surface area (Å²) in [6.45, 7) is 48.0. The Hall–Kier alpha value is -1.41. The number of aromatic hydroxyl groups is 1. The van der Waals surface area contributed by atoms with Gasteiger partial charge in [0.05, 0.1) is 9.85 Å². The van der Waals surface area contributed by atoms with Crippen molar-refractivity contribution < 1.29 is 146 Å². The molecule has 3 radical (unpaired) electrons. The van der Waals surface area contributed by atoms with Gasteiger partial charge in [0.2, 0.25) is 0 Å². The molecule has 4 aromatic rings. The number of rotatable bonds is 5. The van der Waals surface area contributed by atoms with Crippen LogP contribution in [0, 0.1) is 108 Å². The van der Waals surface area contributed by atoms with Crippen molar-refractivity contribution >= 4 is 24.0 Å². The maximum atomic E-state index is 10.4. The Morgan fingerprint density at radius 3 is 0.846 bits per heavy atom. The van der Waals surface area contributed by atoms with Crippen molar-refractivity contribution in [3.05, 3.63) is 129 Å². The van der Waals surface area contributed by atoms with Crippen LogP contribution in [0.15, 0.2) is 109 Å². The summed E-state index contributed by atoms with van der Waals surface area (Å²) >= 11 is 0. The van der Waals surface area contributed by atoms with E-state index in [1.807, 2.05) is 203 Å². The smallest absolute Gasteiger partial charge is 0.488 e. The molecule has 16 heteroatoms. The fourth-order valence-corrected chi connectivity index (χ4v) is 2.46. The molecule has 0 aromatic heterocycles. The number of hydrogen-bond acceptors (Lipinski definition) is 8. The number of nitrogens with zero attached hydrogens (tertiary/aromatic N) is 2. The van der Waals surface area contributed by atoms with Gasteiger partial charge in [0.25, 0.3) is 11.4 Å². The van der Waals surface area contributed by atoms with E-state index in [0.717, 1.165) is 0 Å². The third-order valence-electron chi connectivity index (χ3n) is 4.18. The first-order valence-corrected chi connectivity index (χ1v) is 22.1. The summed E-state index contributed by atoms with van der Waals surface area (Å²) in [6.07, 6.45) is 0. The molecule has 0 bridgehead atoms. The van der Waals surface area contributed by atoms with Crippen LogP contribution >= 0.6 is 0 Å². The first-order valence-electron chi connectivity index (χ1n) is 22.1. The Balaban J connectivity index is -0.0000000282. The summed E-state index contributed by atoms with van der Waals surface area (Å²) in [5, 5.41) is 46.3. The second kappa shape index (κ2) is 119. The molecule has 0 saturated heterocycles. The van der Waals surface area contributed by atoms with Crippen LogP contribution in [0.25, 0.3) is 0 Å². The number of para-hydroxylation sites is 1. The molecule has 12 nitrogen and oxygen atoms in total. The summed E-state index contributed by atoms with van der Waals surface area (Å²) in [7, 11) is -1.34. The van der Waals surface area contributed by atoms with Crippen LogP contribution in [0.1, 0.15) is 174 Å². The number of benzene rings is 4. The Labute approximate surface area is 484 Å². The molecule has 7 N–H and O–H groups in total. The van der Waals surface area contributed by atoms with E-state index in [-0.39, 0.29) is 141 Å². The molecule has 0 aliphatic heterocycles. The van der Waals surface area contributed by atoms with E-state index >= 15 is 0 Å². The van der Waals surface area contributed by atoms with Gasteiger partial charge in [0.15, 0.2) is 0 Å². The number of non-ortho nitro benzene ring substituents is 2. The van der Waals surface area contributed by atoms with Crippen LogP contribution in [-0.2, 0) is 17.1 Å². The third kappa shape index (κ3) is 89.8. The maximum absolute atomic E-state index is 10.4. The first kappa shape index (κ1) is 115. The first-order chi connectivity index (χ1) is 28.8. The van der Waals surface area contributed by atoms with Gasteiger partial charge in [-0.15, -0.1) is 0 Å². The molecule has 0 saturated carbocycles. The largest absolute Gasteiger partial charge is 0.508 e. The quantitative estimate of drug-likeness (QED) is 0.0989. The van der Waals surface area contributed by atoms with E-state index in [2.05, 4.69) is 0 Å². The molecule has 0 aliphatic rings. The number of phenolic OH excluding ortho intramolecular Hbond substituents is 1. The van der Waals surface area contributed by atoms with Crippen molar-refractivity contribution in [1.82, 2.24) is 0 Å². The summed E-state index contributed by atoms with van der Waals surface area (Å²) in [5.74, 6) is 1.32. The fourth-order valence-electron chi connectivity index (χ4n) is 2.46. The molecule has 0 aliphatic carbocycles. The van der Waals surface area contributed by atoms with Crippen molar-refractivity contribution in [3.63, 3.8) is 0 Å². The van der Waals surface area contributed by atoms with Crippen LogP contribution in [0.5, 0.6) is 17.2 Å². The molecule has 0 fully saturated rings. The standard InChI is InChI=1S/C12H9NO3.C6H7BO2.C6H5NO3.12C2H6.CH4.2Ac.Cu.2H2O/c14-13(15)10-6-8-12(9-7-10)16-11-4-2-1-3-5-11;8-7(9)6-4-2-1-3-5-6;8-6-3-1-5(2-4-6)7(9)10;12*1-2;;;;;;/h1-9H;1-5,8-9H;1-4,8H;12*1-2H3;1H4;;;;2*1H2. The predicted molar refractivity (Wildman–Crippen MR) is 281 cm³/mol. The second-order valence-corrected chi connectivity index (χ2v) is 6.72. The Morgan fingerprint density at radius 2 is 0.631 bits per heavy atom. The molecule has 65 heavy (non-hydrogen) atoms. The van der Waals surface area contributed by atoms with Gasteiger partial charge in [-0.25, -0.2) is 0 Å². The average Bonchev–Trinajstić information content (AvgIpc) is 3.35. The van der Waals surface area contributed by atoms with Gasteiger partial charge in [0.1, 0.15) is 17.2 Å². The molecule has 0 unspecified atom stereocenters. The number of ether oxygens (including phenoxy) is 1. The van der Waals surface area contributed by atoms with Gasteiger partial charge in [0, 0.05) is 129 Å². The average molecular weight is 1410 g/mol. The SMILES string of the molecule is C.CC.CC.CC.CC.CC.CC.CC.CC.CC.CC.CC.CC.O.O.O=[N+]([O-])c1ccc(O)cc1.O=[N+]([O-])c1ccc(Oc2ccccc2)cc1.OB(O)c1ccccc1.[Ac].[Ac].[Cu]. The van der Waals surface area contributed by atoms with Crippen molar-refractivity contribution in [2.24, 2.45) is 0 Å². The number of hydrogen-bond donors (Lipinski definition) is 3. The van der Waals surface area contributed by atoms with Gasteiger partial charge >= 0.3 is 7.12 Å². The molecular weight excluding hydrogens is 1300 g/mol. The maximum Gasteiger partial charge on any atom is 0.488 e. The summed E-state index contributed by atoms with van der Waals surface area (Å²) < 4.78 is 5.49. The Kier molecular flexibility index (Phi) is 211. The van der Waals surface area contributed by atoms with Crippen molar-refractivity contribution in [2.75, 3.05) is 0 Å². The van der Waals surface area contributed by atoms with Gasteiger partial charge in [-0.2, -0.15) is 0 Å². The molecule has 4 aromatic carbocycles. The van der Waals surface area contributed by atoms with Crippen LogP contribution in [0.3, 0.4) is 0 Å². The minimum Gasteiger partial charge on any atom is -0.508 e. The molecule has 0 amide bonds. The zero-order valence-electron chi connectivity index (χ0n) is 44.7. The third-order valence-corrected chi connectivity index (χ3v) is 4.18. The van der Waals surface area contributed by atoms with Gasteiger partial charge in [-0.1, -0.05) is 222 Å². The van der Waals surface area contributed by atoms with Crippen molar-refractivity contribution in [2.45, 2.75) is 174 Å². The second-order valence-electron chi connectivity index (χ2n) is 6.72. The number of nitro benzene ring substituents is 2. The summed E-state index contributed by atoms with van der Waals surface area (Å²) in [6, 6.07) is 28.9. The van der Waals surface area contributed by atoms with Gasteiger partial charge in [-0.05, 0) is 41.9 Å². The zero-order valence-corrected chi connectivity index (χ0v) is 55.1. The fraction of sp³-hybridized carbons (Fsp3) is 0.510. The molecule has 0 atom stereocenters. The van der Waals surface area contributed by atoms with E-state index in [9.17, 15) is 20.2 Å². The topological polar surface area (TPSA) is 219 Å². The summed E-state index contributed by atoms with van der Waals surface area (Å²) in [5.41, 5.74) is 0.565. The van der Waals surface area contributed by atoms with Crippen LogP contribution in [0.2, 0.25) is 0 Å². The Morgan fingerprint density at radius 1 is 0.415 bits per heavy atom. The van der Waals surface area contributed by atoms with E-state index in [4.69, 9.17) is 19.9 Å². The van der Waals surface area contributed by atoms with Crippen LogP contribution in [-0.4, -0.2) is 43.1 Å². The summed E-state index contributed by atoms with van der Waals surface area (Å²) in [4.78, 5) is 19.5. The van der Waals surface area contributed by atoms with Crippen LogP contribution < -0.4 is 10.2 Å². The van der Waals surface area contributed by atoms with Gasteiger partial charge in [-0.3, -0.25) is 20.2 Å². The van der Waals surface area contributed by atoms with E-state index < -0.39 is 17.0 Å². The van der Waals surface area contributed by atoms with E-state index in [0.29, 0.717) is 17.0 Å². The monoisotopic (exact) mass is 1410 g/mol. The predicted octanol–water partition coefficient (Wildman–Crippen LogP) is 15.4. The van der Waals surface area contributed by atoms with Crippen molar-refractivity contribution in [1.29, 1.82) is 0 Å². The zero-order chi connectivity index (χ0) is 49.6. The van der Waals surface area contributed by atoms with Crippen molar-refractivity contribution in [3.8, 4) is 17.2 Å². The minimum atomic E-state index is -1.34. The van der Waals surface area contributed by atoms with E-state index in [1.54, 1.807) is 36.4 Å². The molecular formula is C49H101Ac2BCuN2O10. The molecule has 0 spiro atoms. The van der Waals surface area contributed by atoms with Crippen LogP contribution in [0.4, 0.5) is 11.4 Å².